The molecular weight excluding hydrogens is 632 g/mol. The van der Waals surface area contributed by atoms with Gasteiger partial charge in [-0.25, -0.2) is 9.97 Å². The molecule has 13 heteroatoms. The number of carbonyl (C=O) groups is 2. The molecule has 3 aromatic heterocycles. The monoisotopic (exact) mass is 675 g/mol. The van der Waals surface area contributed by atoms with Crippen LogP contribution in [0.5, 0.6) is 5.75 Å². The highest BCUT2D eigenvalue weighted by molar-refractivity contribution is 6.00. The van der Waals surface area contributed by atoms with Crippen molar-refractivity contribution >= 4 is 33.9 Å². The van der Waals surface area contributed by atoms with E-state index in [9.17, 15) is 18.4 Å². The van der Waals surface area contributed by atoms with Crippen molar-refractivity contribution in [2.45, 2.75) is 102 Å². The number of ether oxygens (including phenoxy) is 2. The Morgan fingerprint density at radius 1 is 1.08 bits per heavy atom. The third-order valence-electron chi connectivity index (χ3n) is 11.4. The highest BCUT2D eigenvalue weighted by Gasteiger charge is 2.49. The van der Waals surface area contributed by atoms with Crippen LogP contribution in [-0.2, 0) is 23.1 Å². The number of aryl methyl sites for hydroxylation is 2. The predicted octanol–water partition coefficient (Wildman–Crippen LogP) is 5.30. The molecule has 260 valence electrons. The number of imidazole rings is 1. The normalized spacial score (nSPS) is 28.6. The summed E-state index contributed by atoms with van der Waals surface area (Å²) in [6.45, 7) is -0.155. The molecule has 11 nitrogen and oxygen atoms in total. The van der Waals surface area contributed by atoms with Gasteiger partial charge in [0.25, 0.3) is 5.91 Å². The third kappa shape index (κ3) is 5.54. The van der Waals surface area contributed by atoms with Crippen molar-refractivity contribution in [3.05, 3.63) is 41.6 Å². The fraction of sp³-hybridized carbons (Fsp3) is 0.556. The van der Waals surface area contributed by atoms with Crippen LogP contribution in [0.4, 0.5) is 8.78 Å². The topological polar surface area (TPSA) is 130 Å². The average Bonchev–Trinajstić information content (AvgIpc) is 3.49. The van der Waals surface area contributed by atoms with E-state index in [2.05, 4.69) is 22.0 Å². The van der Waals surface area contributed by atoms with Crippen molar-refractivity contribution in [2.24, 2.45) is 24.6 Å². The number of alkyl halides is 2. The zero-order valence-electron chi connectivity index (χ0n) is 28.1. The summed E-state index contributed by atoms with van der Waals surface area (Å²) in [4.78, 5) is 38.9. The molecular formula is C36H43F2N7O4. The molecule has 7 atom stereocenters. The minimum absolute atomic E-state index is 0.125. The SMILES string of the molecule is COc1cc(C(=O)N2[C@H]3CC[C@@H]2[C@H](N)[C@H](OC(F)F)C3)cc2nc(-c3cc4ccc5nc4n3CCCCC[C@@H]3C[C@H]3C(=O)N[C@@H]5C)n(C)c12. The molecule has 4 aromatic rings. The van der Waals surface area contributed by atoms with Crippen LogP contribution in [0.1, 0.15) is 80.4 Å². The molecule has 3 fully saturated rings. The van der Waals surface area contributed by atoms with E-state index in [1.807, 2.05) is 24.6 Å². The first kappa shape index (κ1) is 32.1. The first-order chi connectivity index (χ1) is 23.6. The largest absolute Gasteiger partial charge is 0.494 e. The van der Waals surface area contributed by atoms with Crippen LogP contribution in [0.25, 0.3) is 33.6 Å². The van der Waals surface area contributed by atoms with Gasteiger partial charge in [-0.2, -0.15) is 8.78 Å². The van der Waals surface area contributed by atoms with Crippen LogP contribution in [-0.4, -0.2) is 73.8 Å². The number of halogens is 2. The van der Waals surface area contributed by atoms with Crippen LogP contribution in [0, 0.1) is 11.8 Å². The molecule has 4 aliphatic rings. The van der Waals surface area contributed by atoms with Gasteiger partial charge in [0.2, 0.25) is 5.91 Å². The van der Waals surface area contributed by atoms with Gasteiger partial charge in [0, 0.05) is 36.5 Å². The number of methoxy groups -OCH3 is 1. The Bertz CT molecular complexity index is 1940. The van der Waals surface area contributed by atoms with Crippen LogP contribution in [0.2, 0.25) is 0 Å². The molecule has 1 aliphatic carbocycles. The average molecular weight is 676 g/mol. The standard InChI is InChI=1S/C36H43F2N7O4/c1-18-24-10-8-20-15-27(44(32(20)41-24)12-6-4-5-7-19-13-23(19)34(46)40-18)33-42-25-14-21(16-29(48-3)31(25)43(33)2)35(47)45-22-9-11-26(45)30(39)28(17-22)49-36(37)38/h8,10,14-16,18-19,22-23,26,28,30,36H,4-7,9,11-13,17,39H2,1-3H3,(H,40,46)/t18-,19-,22+,23-,26-,28-,30+/m1/s1. The molecule has 0 unspecified atom stereocenters. The van der Waals surface area contributed by atoms with Gasteiger partial charge in [0.05, 0.1) is 48.2 Å². The zero-order valence-corrected chi connectivity index (χ0v) is 28.1. The minimum Gasteiger partial charge on any atom is -0.494 e. The first-order valence-electron chi connectivity index (χ1n) is 17.5. The molecule has 8 rings (SSSR count). The van der Waals surface area contributed by atoms with Crippen molar-refractivity contribution in [2.75, 3.05) is 7.11 Å². The van der Waals surface area contributed by atoms with Gasteiger partial charge in [-0.1, -0.05) is 12.8 Å². The molecule has 0 radical (unpaired) electrons. The quantitative estimate of drug-likeness (QED) is 0.294. The lowest BCUT2D eigenvalue weighted by atomic mass is 9.94. The maximum Gasteiger partial charge on any atom is 0.345 e. The number of aromatic nitrogens is 4. The second-order valence-corrected chi connectivity index (χ2v) is 14.3. The number of fused-ring (bicyclic) bond motifs is 5. The summed E-state index contributed by atoms with van der Waals surface area (Å²) in [6.07, 6.45) is 5.96. The molecule has 1 saturated carbocycles. The van der Waals surface area contributed by atoms with Gasteiger partial charge in [0.1, 0.15) is 16.9 Å². The number of amides is 2. The molecule has 49 heavy (non-hydrogen) atoms. The summed E-state index contributed by atoms with van der Waals surface area (Å²) in [5.74, 6) is 1.74. The molecule has 3 N–H and O–H groups in total. The third-order valence-corrected chi connectivity index (χ3v) is 11.4. The summed E-state index contributed by atoms with van der Waals surface area (Å²) in [5, 5.41) is 4.17. The van der Waals surface area contributed by atoms with Gasteiger partial charge in [-0.05, 0) is 81.7 Å². The van der Waals surface area contributed by atoms with E-state index < -0.39 is 18.8 Å². The van der Waals surface area contributed by atoms with Gasteiger partial charge < -0.3 is 34.6 Å². The van der Waals surface area contributed by atoms with Crippen molar-refractivity contribution in [3.63, 3.8) is 0 Å². The van der Waals surface area contributed by atoms with Crippen LogP contribution in [0.15, 0.2) is 30.3 Å². The van der Waals surface area contributed by atoms with Crippen molar-refractivity contribution in [1.82, 2.24) is 29.3 Å². The van der Waals surface area contributed by atoms with E-state index >= 15 is 0 Å². The maximum absolute atomic E-state index is 14.1. The van der Waals surface area contributed by atoms with Crippen molar-refractivity contribution in [3.8, 4) is 17.3 Å². The Labute approximate surface area is 283 Å². The molecule has 4 bridgehead atoms. The van der Waals surface area contributed by atoms with Gasteiger partial charge in [-0.15, -0.1) is 0 Å². The number of nitrogens with zero attached hydrogens (tertiary/aromatic N) is 5. The fourth-order valence-electron chi connectivity index (χ4n) is 8.69. The minimum atomic E-state index is -2.91. The number of piperidine rings is 1. The number of benzene rings is 1. The number of nitrogens with two attached hydrogens (primary N) is 1. The Hall–Kier alpha value is -4.10. The lowest BCUT2D eigenvalue weighted by molar-refractivity contribution is -0.181. The maximum atomic E-state index is 14.1. The van der Waals surface area contributed by atoms with E-state index in [4.69, 9.17) is 25.2 Å². The number of nitrogens with one attached hydrogen (secondary N) is 1. The number of hydrogen-bond donors (Lipinski definition) is 2. The highest BCUT2D eigenvalue weighted by atomic mass is 19.3. The second-order valence-electron chi connectivity index (χ2n) is 14.3. The Balaban J connectivity index is 1.16. The predicted molar refractivity (Wildman–Crippen MR) is 179 cm³/mol. The van der Waals surface area contributed by atoms with Gasteiger partial charge in [-0.3, -0.25) is 9.59 Å². The van der Waals surface area contributed by atoms with Crippen molar-refractivity contribution < 1.29 is 27.8 Å². The number of rotatable bonds is 5. The van der Waals surface area contributed by atoms with E-state index in [1.165, 1.54) is 0 Å². The molecule has 2 saturated heterocycles. The van der Waals surface area contributed by atoms with Crippen molar-refractivity contribution in [1.29, 1.82) is 0 Å². The number of pyridine rings is 1. The lowest BCUT2D eigenvalue weighted by Crippen LogP contribution is -2.60. The Kier molecular flexibility index (Phi) is 8.09. The van der Waals surface area contributed by atoms with Gasteiger partial charge in [0.15, 0.2) is 5.82 Å². The second kappa shape index (κ2) is 12.3. The van der Waals surface area contributed by atoms with Crippen LogP contribution < -0.4 is 15.8 Å². The lowest BCUT2D eigenvalue weighted by Gasteiger charge is -2.42. The molecule has 0 spiro atoms. The molecule has 1 aromatic carbocycles. The van der Waals surface area contributed by atoms with Gasteiger partial charge >= 0.3 is 6.61 Å². The number of carbonyl (C=O) groups excluding carboxylic acids is 2. The summed E-state index contributed by atoms with van der Waals surface area (Å²) in [6, 6.07) is 8.13. The summed E-state index contributed by atoms with van der Waals surface area (Å²) >= 11 is 0. The first-order valence-corrected chi connectivity index (χ1v) is 17.5. The Morgan fingerprint density at radius 3 is 2.71 bits per heavy atom. The smallest absolute Gasteiger partial charge is 0.345 e. The molecule has 3 aliphatic heterocycles. The van der Waals surface area contributed by atoms with E-state index in [0.29, 0.717) is 41.4 Å². The molecule has 6 heterocycles. The highest BCUT2D eigenvalue weighted by Crippen LogP contribution is 2.43. The summed E-state index contributed by atoms with van der Waals surface area (Å²) in [7, 11) is 3.52. The van der Waals surface area contributed by atoms with Crippen LogP contribution in [0.3, 0.4) is 0 Å². The van der Waals surface area contributed by atoms with E-state index in [0.717, 1.165) is 66.6 Å². The van der Waals surface area contributed by atoms with Crippen LogP contribution >= 0.6 is 0 Å². The van der Waals surface area contributed by atoms with E-state index in [1.54, 1.807) is 24.1 Å². The molecule has 2 amide bonds. The summed E-state index contributed by atoms with van der Waals surface area (Å²) in [5.41, 5.74) is 10.7. The Morgan fingerprint density at radius 2 is 1.92 bits per heavy atom. The van der Waals surface area contributed by atoms with E-state index in [-0.39, 0.29) is 42.3 Å². The number of hydrogen-bond acceptors (Lipinski definition) is 7. The fourth-order valence-corrected chi connectivity index (χ4v) is 8.69. The zero-order chi connectivity index (χ0) is 34.1. The summed E-state index contributed by atoms with van der Waals surface area (Å²) < 4.78 is 41.0.